The van der Waals surface area contributed by atoms with Crippen LogP contribution in [0, 0.1) is 3.57 Å². The molecule has 1 aromatic carbocycles. The first kappa shape index (κ1) is 16.8. The summed E-state index contributed by atoms with van der Waals surface area (Å²) in [5.41, 5.74) is 0.779. The molecule has 2 aromatic rings. The zero-order valence-electron chi connectivity index (χ0n) is 12.0. The van der Waals surface area contributed by atoms with Gasteiger partial charge in [0.05, 0.1) is 10.7 Å². The third-order valence-electron chi connectivity index (χ3n) is 2.73. The molecule has 0 bridgehead atoms. The Hall–Kier alpha value is -1.55. The fraction of sp³-hybridized carbons (Fsp3) is 0.214. The lowest BCUT2D eigenvalue weighted by Gasteiger charge is -2.04. The first-order chi connectivity index (χ1) is 10.5. The molecule has 0 aliphatic rings. The van der Waals surface area contributed by atoms with E-state index in [2.05, 4.69) is 37.8 Å². The predicted octanol–water partition coefficient (Wildman–Crippen LogP) is 3.20. The first-order valence-corrected chi connectivity index (χ1v) is 8.30. The van der Waals surface area contributed by atoms with Gasteiger partial charge in [-0.1, -0.05) is 13.0 Å². The number of rotatable bonds is 6. The summed E-state index contributed by atoms with van der Waals surface area (Å²) in [7, 11) is 1.60. The molecule has 8 heteroatoms. The van der Waals surface area contributed by atoms with E-state index in [0.29, 0.717) is 5.16 Å². The minimum Gasteiger partial charge on any atom is -0.496 e. The van der Waals surface area contributed by atoms with Crippen molar-refractivity contribution < 1.29 is 14.6 Å². The molecule has 0 amide bonds. The number of aryl methyl sites for hydroxylation is 1. The van der Waals surface area contributed by atoms with Crippen molar-refractivity contribution >= 4 is 46.4 Å². The molecular formula is C14H14IN3O3S. The smallest absolute Gasteiger partial charge is 0.342 e. The summed E-state index contributed by atoms with van der Waals surface area (Å²) >= 11 is 3.16. The molecule has 0 aliphatic carbocycles. The molecule has 0 aliphatic heterocycles. The number of aliphatic carboxylic acids is 1. The summed E-state index contributed by atoms with van der Waals surface area (Å²) in [6.45, 7) is 1.95. The number of halogens is 1. The van der Waals surface area contributed by atoms with Crippen molar-refractivity contribution in [1.82, 2.24) is 15.2 Å². The third kappa shape index (κ3) is 4.23. The molecule has 0 unspecified atom stereocenters. The van der Waals surface area contributed by atoms with Gasteiger partial charge in [0.25, 0.3) is 0 Å². The number of methoxy groups -OCH3 is 1. The number of carbonyl (C=O) groups is 1. The number of hydrogen-bond acceptors (Lipinski definition) is 5. The van der Waals surface area contributed by atoms with Gasteiger partial charge >= 0.3 is 5.97 Å². The number of aromatic amines is 1. The zero-order valence-corrected chi connectivity index (χ0v) is 14.9. The van der Waals surface area contributed by atoms with Gasteiger partial charge in [-0.3, -0.25) is 5.10 Å². The van der Waals surface area contributed by atoms with Gasteiger partial charge in [-0.2, -0.15) is 0 Å². The SMILES string of the molecule is CCc1nc(S/C(=C\c2ccc(OC)c(I)c2)C(=O)O)n[nH]1. The van der Waals surface area contributed by atoms with Crippen LogP contribution >= 0.6 is 34.4 Å². The highest BCUT2D eigenvalue weighted by Crippen LogP contribution is 2.28. The van der Waals surface area contributed by atoms with Gasteiger partial charge in [0.15, 0.2) is 0 Å². The Bertz CT molecular complexity index is 715. The highest BCUT2D eigenvalue weighted by atomic mass is 127. The second-order valence-electron chi connectivity index (χ2n) is 4.23. The van der Waals surface area contributed by atoms with E-state index in [1.165, 1.54) is 0 Å². The van der Waals surface area contributed by atoms with Gasteiger partial charge in [0.1, 0.15) is 16.5 Å². The van der Waals surface area contributed by atoms with Crippen molar-refractivity contribution in [3.63, 3.8) is 0 Å². The van der Waals surface area contributed by atoms with E-state index in [1.54, 1.807) is 25.3 Å². The van der Waals surface area contributed by atoms with E-state index >= 15 is 0 Å². The van der Waals surface area contributed by atoms with Gasteiger partial charge in [-0.25, -0.2) is 9.78 Å². The van der Waals surface area contributed by atoms with Gasteiger partial charge in [-0.05, 0) is 58.1 Å². The van der Waals surface area contributed by atoms with Crippen molar-refractivity contribution in [2.75, 3.05) is 7.11 Å². The number of benzene rings is 1. The van der Waals surface area contributed by atoms with Crippen LogP contribution in [0.5, 0.6) is 5.75 Å². The molecule has 0 atom stereocenters. The van der Waals surface area contributed by atoms with Crippen LogP contribution in [0.25, 0.3) is 6.08 Å². The summed E-state index contributed by atoms with van der Waals surface area (Å²) in [6, 6.07) is 5.47. The van der Waals surface area contributed by atoms with Crippen molar-refractivity contribution in [1.29, 1.82) is 0 Å². The van der Waals surface area contributed by atoms with E-state index in [-0.39, 0.29) is 4.91 Å². The average Bonchev–Trinajstić information content (AvgIpc) is 2.94. The van der Waals surface area contributed by atoms with Crippen molar-refractivity contribution in [2.24, 2.45) is 0 Å². The summed E-state index contributed by atoms with van der Waals surface area (Å²) in [5, 5.41) is 16.5. The monoisotopic (exact) mass is 431 g/mol. The van der Waals surface area contributed by atoms with Crippen LogP contribution in [0.3, 0.4) is 0 Å². The molecule has 2 rings (SSSR count). The Morgan fingerprint density at radius 3 is 2.86 bits per heavy atom. The Balaban J connectivity index is 2.26. The molecule has 0 radical (unpaired) electrons. The van der Waals surface area contributed by atoms with Gasteiger partial charge in [-0.15, -0.1) is 5.10 Å². The lowest BCUT2D eigenvalue weighted by Crippen LogP contribution is -1.97. The van der Waals surface area contributed by atoms with E-state index in [4.69, 9.17) is 4.74 Å². The topological polar surface area (TPSA) is 88.1 Å². The number of nitrogens with one attached hydrogen (secondary N) is 1. The van der Waals surface area contributed by atoms with Crippen LogP contribution in [-0.2, 0) is 11.2 Å². The van der Waals surface area contributed by atoms with Crippen molar-refractivity contribution in [3.8, 4) is 5.75 Å². The molecule has 6 nitrogen and oxygen atoms in total. The number of hydrogen-bond donors (Lipinski definition) is 2. The summed E-state index contributed by atoms with van der Waals surface area (Å²) in [4.78, 5) is 15.8. The van der Waals surface area contributed by atoms with Gasteiger partial charge in [0, 0.05) is 6.42 Å². The number of carboxylic acid groups (broad SMARTS) is 1. The predicted molar refractivity (Wildman–Crippen MR) is 92.9 cm³/mol. The Kier molecular flexibility index (Phi) is 5.83. The van der Waals surface area contributed by atoms with Crippen LogP contribution in [0.2, 0.25) is 0 Å². The fourth-order valence-corrected chi connectivity index (χ4v) is 3.12. The Morgan fingerprint density at radius 1 is 1.55 bits per heavy atom. The van der Waals surface area contributed by atoms with Crippen LogP contribution in [0.1, 0.15) is 18.3 Å². The lowest BCUT2D eigenvalue weighted by atomic mass is 10.2. The number of aromatic nitrogens is 3. The van der Waals surface area contributed by atoms with E-state index < -0.39 is 5.97 Å². The summed E-state index contributed by atoms with van der Waals surface area (Å²) < 4.78 is 6.10. The number of thioether (sulfide) groups is 1. The molecule has 2 N–H and O–H groups in total. The molecule has 1 aromatic heterocycles. The molecular weight excluding hydrogens is 417 g/mol. The number of carboxylic acids is 1. The van der Waals surface area contributed by atoms with E-state index in [0.717, 1.165) is 38.9 Å². The second-order valence-corrected chi connectivity index (χ2v) is 6.40. The highest BCUT2D eigenvalue weighted by Gasteiger charge is 2.13. The summed E-state index contributed by atoms with van der Waals surface area (Å²) in [6.07, 6.45) is 2.31. The van der Waals surface area contributed by atoms with Crippen molar-refractivity contribution in [2.45, 2.75) is 18.5 Å². The third-order valence-corrected chi connectivity index (χ3v) is 4.45. The standard InChI is InChI=1S/C14H14IN3O3S/c1-3-12-16-14(18-17-12)22-11(13(19)20)7-8-4-5-10(21-2)9(15)6-8/h4-7H,3H2,1-2H3,(H,19,20)(H,16,17,18)/b11-7-. The fourth-order valence-electron chi connectivity index (χ4n) is 1.64. The number of ether oxygens (including phenoxy) is 1. The maximum absolute atomic E-state index is 11.4. The highest BCUT2D eigenvalue weighted by molar-refractivity contribution is 14.1. The van der Waals surface area contributed by atoms with Crippen LogP contribution in [0.15, 0.2) is 28.3 Å². The van der Waals surface area contributed by atoms with Gasteiger partial charge in [0.2, 0.25) is 5.16 Å². The quantitative estimate of drug-likeness (QED) is 0.415. The minimum absolute atomic E-state index is 0.155. The number of nitrogens with zero attached hydrogens (tertiary/aromatic N) is 2. The van der Waals surface area contributed by atoms with Gasteiger partial charge < -0.3 is 9.84 Å². The second kappa shape index (κ2) is 7.63. The minimum atomic E-state index is -1.02. The molecule has 0 fully saturated rings. The molecule has 0 saturated heterocycles. The van der Waals surface area contributed by atoms with Crippen LogP contribution < -0.4 is 4.74 Å². The largest absolute Gasteiger partial charge is 0.496 e. The van der Waals surface area contributed by atoms with Crippen LogP contribution in [-0.4, -0.2) is 33.4 Å². The maximum Gasteiger partial charge on any atom is 0.342 e. The molecule has 1 heterocycles. The first-order valence-electron chi connectivity index (χ1n) is 6.41. The maximum atomic E-state index is 11.4. The zero-order chi connectivity index (χ0) is 16.1. The molecule has 0 spiro atoms. The molecule has 0 saturated carbocycles. The summed E-state index contributed by atoms with van der Waals surface area (Å²) in [5.74, 6) is 0.466. The number of H-pyrrole nitrogens is 1. The van der Waals surface area contributed by atoms with Crippen molar-refractivity contribution in [3.05, 3.63) is 38.1 Å². The van der Waals surface area contributed by atoms with E-state index in [1.807, 2.05) is 13.0 Å². The molecule has 116 valence electrons. The van der Waals surface area contributed by atoms with Crippen LogP contribution in [0.4, 0.5) is 0 Å². The Morgan fingerprint density at radius 2 is 2.32 bits per heavy atom. The molecule has 22 heavy (non-hydrogen) atoms. The average molecular weight is 431 g/mol. The normalized spacial score (nSPS) is 11.5. The Labute approximate surface area is 145 Å². The van der Waals surface area contributed by atoms with E-state index in [9.17, 15) is 9.90 Å². The lowest BCUT2D eigenvalue weighted by molar-refractivity contribution is -0.131.